The van der Waals surface area contributed by atoms with E-state index in [1.165, 1.54) is 31.4 Å². The number of halogens is 1. The molecule has 0 atom stereocenters. The van der Waals surface area contributed by atoms with Crippen LogP contribution >= 0.6 is 0 Å². The largest absolute Gasteiger partial charge is 0.467 e. The lowest BCUT2D eigenvalue weighted by atomic mass is 9.87. The molecular formula is C22H27FN2O2. The molecule has 1 saturated heterocycles. The van der Waals surface area contributed by atoms with Crippen LogP contribution in [-0.4, -0.2) is 23.9 Å². The summed E-state index contributed by atoms with van der Waals surface area (Å²) in [6, 6.07) is 8.31. The lowest BCUT2D eigenvalue weighted by molar-refractivity contribution is 0.0893. The molecule has 1 amide bonds. The van der Waals surface area contributed by atoms with Crippen molar-refractivity contribution in [1.82, 2.24) is 10.2 Å². The first-order chi connectivity index (χ1) is 13.2. The van der Waals surface area contributed by atoms with Crippen molar-refractivity contribution < 1.29 is 13.6 Å². The molecule has 1 aliphatic carbocycles. The number of hydrogen-bond acceptors (Lipinski definition) is 3. The molecule has 5 heteroatoms. The third kappa shape index (κ3) is 3.93. The number of hydrogen-bond donors (Lipinski definition) is 1. The van der Waals surface area contributed by atoms with E-state index in [9.17, 15) is 9.18 Å². The Labute approximate surface area is 159 Å². The number of carbonyl (C=O) groups excluding carboxylic acids is 1. The van der Waals surface area contributed by atoms with E-state index >= 15 is 0 Å². The highest BCUT2D eigenvalue weighted by atomic mass is 19.1. The first kappa shape index (κ1) is 18.2. The van der Waals surface area contributed by atoms with Crippen molar-refractivity contribution in [3.8, 4) is 0 Å². The average molecular weight is 370 g/mol. The Hall–Kier alpha value is -2.14. The molecular weight excluding hydrogens is 343 g/mol. The third-order valence-corrected chi connectivity index (χ3v) is 6.01. The number of likely N-dealkylation sites (tertiary alicyclic amines) is 1. The van der Waals surface area contributed by atoms with Crippen molar-refractivity contribution >= 4 is 5.91 Å². The van der Waals surface area contributed by atoms with Crippen molar-refractivity contribution in [3.63, 3.8) is 0 Å². The second-order valence-electron chi connectivity index (χ2n) is 7.84. The van der Waals surface area contributed by atoms with Gasteiger partial charge in [0, 0.05) is 0 Å². The molecule has 2 fully saturated rings. The fourth-order valence-electron chi connectivity index (χ4n) is 4.50. The van der Waals surface area contributed by atoms with Gasteiger partial charge >= 0.3 is 0 Å². The average Bonchev–Trinajstić information content (AvgIpc) is 3.33. The van der Waals surface area contributed by atoms with Gasteiger partial charge in [0.2, 0.25) is 0 Å². The second-order valence-corrected chi connectivity index (χ2v) is 7.84. The van der Waals surface area contributed by atoms with Crippen LogP contribution in [0, 0.1) is 5.82 Å². The van der Waals surface area contributed by atoms with Crippen molar-refractivity contribution in [1.29, 1.82) is 0 Å². The Kier molecular flexibility index (Phi) is 5.30. The molecule has 2 aromatic rings. The second kappa shape index (κ2) is 7.85. The van der Waals surface area contributed by atoms with E-state index in [4.69, 9.17) is 4.42 Å². The van der Waals surface area contributed by atoms with E-state index in [1.807, 2.05) is 0 Å². The van der Waals surface area contributed by atoms with E-state index in [1.54, 1.807) is 24.5 Å². The van der Waals surface area contributed by atoms with Crippen LogP contribution in [-0.2, 0) is 12.1 Å². The molecule has 0 unspecified atom stereocenters. The topological polar surface area (TPSA) is 45.5 Å². The smallest absolute Gasteiger partial charge is 0.255 e. The van der Waals surface area contributed by atoms with Crippen LogP contribution in [0.25, 0.3) is 0 Å². The lowest BCUT2D eigenvalue weighted by Crippen LogP contribution is -2.44. The first-order valence-corrected chi connectivity index (χ1v) is 10.0. The molecule has 1 saturated carbocycles. The molecule has 4 nitrogen and oxygen atoms in total. The predicted molar refractivity (Wildman–Crippen MR) is 102 cm³/mol. The summed E-state index contributed by atoms with van der Waals surface area (Å²) in [6.45, 7) is 2.79. The van der Waals surface area contributed by atoms with Gasteiger partial charge in [0.1, 0.15) is 11.6 Å². The maximum absolute atomic E-state index is 13.4. The quantitative estimate of drug-likeness (QED) is 0.836. The Balaban J connectivity index is 1.52. The molecule has 0 spiro atoms. The summed E-state index contributed by atoms with van der Waals surface area (Å²) in [7, 11) is 0. The molecule has 1 aliphatic heterocycles. The van der Waals surface area contributed by atoms with Crippen LogP contribution in [0.3, 0.4) is 0 Å². The highest BCUT2D eigenvalue weighted by molar-refractivity contribution is 5.95. The first-order valence-electron chi connectivity index (χ1n) is 10.0. The molecule has 1 aromatic heterocycles. The van der Waals surface area contributed by atoms with Crippen molar-refractivity contribution in [3.05, 3.63) is 59.3 Å². The zero-order valence-corrected chi connectivity index (χ0v) is 15.7. The molecule has 1 N–H and O–H groups in total. The highest BCUT2D eigenvalue weighted by Gasteiger charge is 2.38. The lowest BCUT2D eigenvalue weighted by Gasteiger charge is -2.31. The monoisotopic (exact) mass is 370 g/mol. The van der Waals surface area contributed by atoms with E-state index in [-0.39, 0.29) is 11.7 Å². The number of nitrogens with zero attached hydrogens (tertiary/aromatic N) is 1. The fourth-order valence-corrected chi connectivity index (χ4v) is 4.50. The van der Waals surface area contributed by atoms with Gasteiger partial charge in [-0.05, 0) is 62.5 Å². The van der Waals surface area contributed by atoms with Crippen LogP contribution in [0.2, 0.25) is 0 Å². The third-order valence-electron chi connectivity index (χ3n) is 6.01. The standard InChI is InChI=1S/C22H27FN2O2/c23-18-8-6-17(7-9-18)22(11-2-3-12-22)24-21(26)19-10-15-27-20(19)16-25-13-4-1-5-14-25/h6-10,15H,1-5,11-14,16H2,(H,24,26). The van der Waals surface area contributed by atoms with Crippen molar-refractivity contribution in [2.75, 3.05) is 13.1 Å². The van der Waals surface area contributed by atoms with Crippen LogP contribution < -0.4 is 5.32 Å². The van der Waals surface area contributed by atoms with Crippen molar-refractivity contribution in [2.24, 2.45) is 0 Å². The van der Waals surface area contributed by atoms with Crippen LogP contribution in [0.5, 0.6) is 0 Å². The number of furan rings is 1. The van der Waals surface area contributed by atoms with Gasteiger partial charge in [0.05, 0.1) is 23.9 Å². The van der Waals surface area contributed by atoms with E-state index in [0.29, 0.717) is 12.1 Å². The molecule has 2 aliphatic rings. The molecule has 27 heavy (non-hydrogen) atoms. The molecule has 0 radical (unpaired) electrons. The number of piperidine rings is 1. The van der Waals surface area contributed by atoms with Gasteiger partial charge in [-0.2, -0.15) is 0 Å². The van der Waals surface area contributed by atoms with Crippen LogP contribution in [0.15, 0.2) is 41.0 Å². The van der Waals surface area contributed by atoms with Gasteiger partial charge in [-0.3, -0.25) is 9.69 Å². The van der Waals surface area contributed by atoms with Crippen molar-refractivity contribution in [2.45, 2.75) is 57.0 Å². The maximum atomic E-state index is 13.4. The van der Waals surface area contributed by atoms with Gasteiger partial charge in [0.15, 0.2) is 0 Å². The summed E-state index contributed by atoms with van der Waals surface area (Å²) in [6.07, 6.45) is 9.17. The normalized spacial score (nSPS) is 19.9. The summed E-state index contributed by atoms with van der Waals surface area (Å²) in [5.74, 6) is 0.389. The van der Waals surface area contributed by atoms with E-state index in [2.05, 4.69) is 10.2 Å². The minimum atomic E-state index is -0.412. The Morgan fingerprint density at radius 3 is 2.44 bits per heavy atom. The number of benzene rings is 1. The summed E-state index contributed by atoms with van der Waals surface area (Å²) >= 11 is 0. The van der Waals surface area contributed by atoms with Gasteiger partial charge in [-0.25, -0.2) is 4.39 Å². The van der Waals surface area contributed by atoms with Crippen LogP contribution in [0.4, 0.5) is 4.39 Å². The molecule has 1 aromatic carbocycles. The zero-order valence-electron chi connectivity index (χ0n) is 15.7. The maximum Gasteiger partial charge on any atom is 0.255 e. The Bertz CT molecular complexity index is 772. The summed E-state index contributed by atoms with van der Waals surface area (Å²) < 4.78 is 19.0. The number of amides is 1. The summed E-state index contributed by atoms with van der Waals surface area (Å²) in [5.41, 5.74) is 1.19. The van der Waals surface area contributed by atoms with Crippen LogP contribution in [0.1, 0.15) is 66.6 Å². The molecule has 0 bridgehead atoms. The highest BCUT2D eigenvalue weighted by Crippen LogP contribution is 2.39. The van der Waals surface area contributed by atoms with Gasteiger partial charge in [-0.1, -0.05) is 31.4 Å². The molecule has 4 rings (SSSR count). The van der Waals surface area contributed by atoms with E-state index < -0.39 is 5.54 Å². The number of nitrogens with one attached hydrogen (secondary N) is 1. The zero-order chi connectivity index (χ0) is 18.7. The van der Waals surface area contributed by atoms with Gasteiger partial charge in [0.25, 0.3) is 5.91 Å². The SMILES string of the molecule is O=C(NC1(c2ccc(F)cc2)CCCC1)c1ccoc1CN1CCCCC1. The predicted octanol–water partition coefficient (Wildman–Crippen LogP) is 4.60. The Morgan fingerprint density at radius 2 is 1.74 bits per heavy atom. The summed E-state index contributed by atoms with van der Waals surface area (Å²) in [5, 5.41) is 3.27. The minimum Gasteiger partial charge on any atom is -0.467 e. The van der Waals surface area contributed by atoms with Gasteiger partial charge in [-0.15, -0.1) is 0 Å². The van der Waals surface area contributed by atoms with Gasteiger partial charge < -0.3 is 9.73 Å². The van der Waals surface area contributed by atoms with E-state index in [0.717, 1.165) is 50.1 Å². The number of carbonyl (C=O) groups is 1. The fraction of sp³-hybridized carbons (Fsp3) is 0.500. The molecule has 144 valence electrons. The summed E-state index contributed by atoms with van der Waals surface area (Å²) in [4.78, 5) is 15.5. The minimum absolute atomic E-state index is 0.0954. The number of rotatable bonds is 5. The Morgan fingerprint density at radius 1 is 1.04 bits per heavy atom. The molecule has 2 heterocycles.